The summed E-state index contributed by atoms with van der Waals surface area (Å²) in [6, 6.07) is 0.798. The van der Waals surface area contributed by atoms with Crippen molar-refractivity contribution in [3.05, 3.63) is 0 Å². The predicted molar refractivity (Wildman–Crippen MR) is 74.1 cm³/mol. The highest BCUT2D eigenvalue weighted by molar-refractivity contribution is 8.00. The van der Waals surface area contributed by atoms with Crippen molar-refractivity contribution in [3.8, 4) is 0 Å². The van der Waals surface area contributed by atoms with Gasteiger partial charge in [-0.3, -0.25) is 0 Å². The van der Waals surface area contributed by atoms with E-state index in [1.54, 1.807) is 0 Å². The summed E-state index contributed by atoms with van der Waals surface area (Å²) in [6.45, 7) is 5.82. The third kappa shape index (κ3) is 3.40. The van der Waals surface area contributed by atoms with E-state index in [2.05, 4.69) is 30.9 Å². The minimum atomic E-state index is 0.798. The zero-order chi connectivity index (χ0) is 11.4. The highest BCUT2D eigenvalue weighted by Gasteiger charge is 2.31. The maximum atomic E-state index is 3.71. The molecule has 2 aliphatic rings. The van der Waals surface area contributed by atoms with Gasteiger partial charge in [-0.05, 0) is 44.6 Å². The number of hydrogen-bond acceptors (Lipinski definition) is 2. The molecule has 16 heavy (non-hydrogen) atoms. The van der Waals surface area contributed by atoms with Crippen molar-refractivity contribution in [2.45, 2.75) is 75.3 Å². The van der Waals surface area contributed by atoms with Gasteiger partial charge in [0.1, 0.15) is 0 Å². The van der Waals surface area contributed by atoms with Gasteiger partial charge in [-0.2, -0.15) is 11.8 Å². The number of rotatable bonds is 4. The van der Waals surface area contributed by atoms with Gasteiger partial charge in [0.2, 0.25) is 0 Å². The molecule has 1 N–H and O–H groups in total. The Balaban J connectivity index is 1.85. The molecule has 3 unspecified atom stereocenters. The second-order valence-corrected chi connectivity index (χ2v) is 7.21. The molecule has 2 saturated carbocycles. The monoisotopic (exact) mass is 241 g/mol. The van der Waals surface area contributed by atoms with Crippen LogP contribution in [0.15, 0.2) is 0 Å². The van der Waals surface area contributed by atoms with E-state index in [1.165, 1.54) is 44.9 Å². The summed E-state index contributed by atoms with van der Waals surface area (Å²) < 4.78 is 0. The summed E-state index contributed by atoms with van der Waals surface area (Å²) >= 11 is 2.32. The van der Waals surface area contributed by atoms with Crippen LogP contribution in [-0.2, 0) is 0 Å². The zero-order valence-corrected chi connectivity index (χ0v) is 11.7. The molecule has 0 bridgehead atoms. The van der Waals surface area contributed by atoms with E-state index in [4.69, 9.17) is 0 Å². The lowest BCUT2D eigenvalue weighted by Gasteiger charge is -2.36. The number of nitrogens with one attached hydrogen (secondary N) is 1. The summed E-state index contributed by atoms with van der Waals surface area (Å²) in [5, 5.41) is 5.59. The first-order valence-electron chi connectivity index (χ1n) is 7.18. The number of hydrogen-bond donors (Lipinski definition) is 1. The lowest BCUT2D eigenvalue weighted by molar-refractivity contribution is 0.320. The largest absolute Gasteiger partial charge is 0.313 e. The first-order valence-corrected chi connectivity index (χ1v) is 8.12. The van der Waals surface area contributed by atoms with Crippen LogP contribution >= 0.6 is 11.8 Å². The lowest BCUT2D eigenvalue weighted by Crippen LogP contribution is -2.42. The Hall–Kier alpha value is 0.310. The molecule has 0 spiro atoms. The Morgan fingerprint density at radius 3 is 2.56 bits per heavy atom. The Morgan fingerprint density at radius 1 is 1.12 bits per heavy atom. The predicted octanol–water partition coefficient (Wildman–Crippen LogP) is 3.83. The molecule has 0 aromatic rings. The van der Waals surface area contributed by atoms with Gasteiger partial charge >= 0.3 is 0 Å². The average molecular weight is 241 g/mol. The molecule has 2 rings (SSSR count). The van der Waals surface area contributed by atoms with E-state index in [-0.39, 0.29) is 0 Å². The van der Waals surface area contributed by atoms with Gasteiger partial charge < -0.3 is 5.32 Å². The maximum absolute atomic E-state index is 3.71. The van der Waals surface area contributed by atoms with Gasteiger partial charge in [-0.1, -0.05) is 26.7 Å². The Bertz CT molecular complexity index is 201. The van der Waals surface area contributed by atoms with Crippen molar-refractivity contribution in [2.75, 3.05) is 6.54 Å². The highest BCUT2D eigenvalue weighted by Crippen LogP contribution is 2.39. The first-order chi connectivity index (χ1) is 7.79. The van der Waals surface area contributed by atoms with Crippen LogP contribution in [0.5, 0.6) is 0 Å². The van der Waals surface area contributed by atoms with E-state index in [9.17, 15) is 0 Å². The molecule has 0 aliphatic heterocycles. The van der Waals surface area contributed by atoms with Crippen LogP contribution in [0.4, 0.5) is 0 Å². The Morgan fingerprint density at radius 2 is 1.88 bits per heavy atom. The number of thioether (sulfide) groups is 1. The Kier molecular flexibility index (Phi) is 5.02. The molecule has 1 nitrogen and oxygen atoms in total. The fourth-order valence-corrected chi connectivity index (χ4v) is 5.21. The van der Waals surface area contributed by atoms with Crippen LogP contribution in [0.1, 0.15) is 58.8 Å². The molecule has 2 aliphatic carbocycles. The molecule has 2 heteroatoms. The van der Waals surface area contributed by atoms with E-state index >= 15 is 0 Å². The quantitative estimate of drug-likeness (QED) is 0.803. The van der Waals surface area contributed by atoms with Crippen molar-refractivity contribution in [3.63, 3.8) is 0 Å². The molecular weight excluding hydrogens is 214 g/mol. The Labute approximate surface area is 105 Å². The summed E-state index contributed by atoms with van der Waals surface area (Å²) in [5.41, 5.74) is 0. The molecular formula is C14H27NS. The summed E-state index contributed by atoms with van der Waals surface area (Å²) in [7, 11) is 0. The minimum Gasteiger partial charge on any atom is -0.313 e. The van der Waals surface area contributed by atoms with Crippen LogP contribution in [0.2, 0.25) is 0 Å². The maximum Gasteiger partial charge on any atom is 0.0206 e. The fraction of sp³-hybridized carbons (Fsp3) is 1.00. The van der Waals surface area contributed by atoms with E-state index in [0.717, 1.165) is 29.0 Å². The molecule has 0 radical (unpaired) electrons. The van der Waals surface area contributed by atoms with Crippen LogP contribution in [-0.4, -0.2) is 23.1 Å². The van der Waals surface area contributed by atoms with E-state index in [1.807, 2.05) is 0 Å². The molecule has 2 fully saturated rings. The normalized spacial score (nSPS) is 36.8. The SMILES string of the molecule is CCNC1CCC(C)CC1SC1CCCC1. The van der Waals surface area contributed by atoms with Crippen molar-refractivity contribution in [1.82, 2.24) is 5.32 Å². The standard InChI is InChI=1S/C14H27NS/c1-3-15-13-9-8-11(2)10-14(13)16-12-6-4-5-7-12/h11-15H,3-10H2,1-2H3. The van der Waals surface area contributed by atoms with Crippen molar-refractivity contribution >= 4 is 11.8 Å². The van der Waals surface area contributed by atoms with Gasteiger partial charge in [0.15, 0.2) is 0 Å². The fourth-order valence-electron chi connectivity index (χ4n) is 3.25. The first kappa shape index (κ1) is 12.8. The molecule has 0 heterocycles. The summed E-state index contributed by atoms with van der Waals surface area (Å²) in [5.74, 6) is 0.953. The third-order valence-electron chi connectivity index (χ3n) is 4.19. The van der Waals surface area contributed by atoms with Gasteiger partial charge in [0.05, 0.1) is 0 Å². The van der Waals surface area contributed by atoms with Gasteiger partial charge in [-0.15, -0.1) is 0 Å². The van der Waals surface area contributed by atoms with Crippen molar-refractivity contribution in [1.29, 1.82) is 0 Å². The molecule has 0 saturated heterocycles. The zero-order valence-electron chi connectivity index (χ0n) is 10.9. The third-order valence-corrected chi connectivity index (χ3v) is 5.92. The summed E-state index contributed by atoms with van der Waals surface area (Å²) in [6.07, 6.45) is 10.2. The van der Waals surface area contributed by atoms with Gasteiger partial charge in [0, 0.05) is 16.5 Å². The summed E-state index contributed by atoms with van der Waals surface area (Å²) in [4.78, 5) is 0. The second kappa shape index (κ2) is 6.30. The second-order valence-electron chi connectivity index (χ2n) is 5.66. The van der Waals surface area contributed by atoms with E-state index in [0.29, 0.717) is 0 Å². The molecule has 3 atom stereocenters. The lowest BCUT2D eigenvalue weighted by atomic mass is 9.87. The van der Waals surface area contributed by atoms with Crippen molar-refractivity contribution < 1.29 is 0 Å². The topological polar surface area (TPSA) is 12.0 Å². The molecule has 94 valence electrons. The highest BCUT2D eigenvalue weighted by atomic mass is 32.2. The minimum absolute atomic E-state index is 0.798. The van der Waals surface area contributed by atoms with Crippen LogP contribution in [0.25, 0.3) is 0 Å². The van der Waals surface area contributed by atoms with Gasteiger partial charge in [0.25, 0.3) is 0 Å². The van der Waals surface area contributed by atoms with Gasteiger partial charge in [-0.25, -0.2) is 0 Å². The van der Waals surface area contributed by atoms with Crippen molar-refractivity contribution in [2.24, 2.45) is 5.92 Å². The molecule has 0 aromatic carbocycles. The van der Waals surface area contributed by atoms with E-state index < -0.39 is 0 Å². The smallest absolute Gasteiger partial charge is 0.0206 e. The molecule has 0 aromatic heterocycles. The van der Waals surface area contributed by atoms with Crippen LogP contribution < -0.4 is 5.32 Å². The average Bonchev–Trinajstić information content (AvgIpc) is 2.75. The van der Waals surface area contributed by atoms with Crippen LogP contribution in [0, 0.1) is 5.92 Å². The van der Waals surface area contributed by atoms with Crippen LogP contribution in [0.3, 0.4) is 0 Å². The molecule has 0 amide bonds.